The first-order chi connectivity index (χ1) is 9.57. The van der Waals surface area contributed by atoms with Crippen LogP contribution in [-0.4, -0.2) is 16.6 Å². The van der Waals surface area contributed by atoms with Crippen LogP contribution >= 0.6 is 0 Å². The molecule has 0 spiro atoms. The van der Waals surface area contributed by atoms with Crippen LogP contribution in [0.3, 0.4) is 0 Å². The molecular formula is C17H23NO3. The minimum absolute atomic E-state index is 0.0492. The minimum Gasteiger partial charge on any atom is -0.466 e. The number of aromatic amines is 1. The summed E-state index contributed by atoms with van der Waals surface area (Å²) in [5.41, 5.74) is 0.702. The molecule has 1 aromatic heterocycles. The molecule has 1 fully saturated rings. The number of esters is 1. The van der Waals surface area contributed by atoms with Gasteiger partial charge < -0.3 is 14.5 Å². The van der Waals surface area contributed by atoms with Crippen molar-refractivity contribution in [2.45, 2.75) is 46.6 Å². The quantitative estimate of drug-likeness (QED) is 0.827. The second-order valence-electron chi connectivity index (χ2n) is 7.03. The topological polar surface area (TPSA) is 51.3 Å². The summed E-state index contributed by atoms with van der Waals surface area (Å²) in [5, 5.41) is 0. The smallest absolute Gasteiger partial charge is 0.355 e. The summed E-state index contributed by atoms with van der Waals surface area (Å²) in [6, 6.07) is 3.55. The third-order valence-electron chi connectivity index (χ3n) is 3.27. The lowest BCUT2D eigenvalue weighted by Crippen LogP contribution is -2.24. The summed E-state index contributed by atoms with van der Waals surface area (Å²) in [5.74, 6) is 1.26. The monoisotopic (exact) mass is 289 g/mol. The van der Waals surface area contributed by atoms with Gasteiger partial charge in [-0.1, -0.05) is 20.4 Å². The van der Waals surface area contributed by atoms with Crippen LogP contribution in [0.5, 0.6) is 0 Å². The Balaban J connectivity index is 2.11. The van der Waals surface area contributed by atoms with Crippen molar-refractivity contribution in [3.05, 3.63) is 41.6 Å². The predicted molar refractivity (Wildman–Crippen MR) is 82.6 cm³/mol. The number of hydrogen-bond acceptors (Lipinski definition) is 3. The van der Waals surface area contributed by atoms with Crippen LogP contribution < -0.4 is 0 Å². The van der Waals surface area contributed by atoms with Crippen LogP contribution in [0.4, 0.5) is 0 Å². The van der Waals surface area contributed by atoms with E-state index in [-0.39, 0.29) is 11.4 Å². The number of aromatic nitrogens is 1. The molecular weight excluding hydrogens is 266 g/mol. The molecule has 1 N–H and O–H groups in total. The Morgan fingerprint density at radius 2 is 2.10 bits per heavy atom. The maximum absolute atomic E-state index is 11.9. The van der Waals surface area contributed by atoms with Crippen molar-refractivity contribution < 1.29 is 14.3 Å². The van der Waals surface area contributed by atoms with Crippen LogP contribution in [0.15, 0.2) is 30.2 Å². The number of H-pyrrole nitrogens is 1. The molecule has 4 heteroatoms. The van der Waals surface area contributed by atoms with Crippen LogP contribution in [0.2, 0.25) is 0 Å². The van der Waals surface area contributed by atoms with Gasteiger partial charge in [0.1, 0.15) is 22.8 Å². The van der Waals surface area contributed by atoms with Crippen molar-refractivity contribution in [2.24, 2.45) is 5.41 Å². The molecule has 0 aliphatic carbocycles. The maximum Gasteiger partial charge on any atom is 0.355 e. The number of carbonyl (C=O) groups excluding carboxylic acids is 1. The Kier molecular flexibility index (Phi) is 3.74. The van der Waals surface area contributed by atoms with Gasteiger partial charge in [-0.25, -0.2) is 4.79 Å². The lowest BCUT2D eigenvalue weighted by atomic mass is 9.89. The third kappa shape index (κ3) is 3.78. The molecule has 0 atom stereocenters. The second-order valence-corrected chi connectivity index (χ2v) is 7.03. The fourth-order valence-corrected chi connectivity index (χ4v) is 2.07. The van der Waals surface area contributed by atoms with Gasteiger partial charge in [-0.3, -0.25) is 0 Å². The first-order valence-corrected chi connectivity index (χ1v) is 7.07. The Bertz CT molecular complexity index is 600. The third-order valence-corrected chi connectivity index (χ3v) is 3.27. The van der Waals surface area contributed by atoms with Crippen molar-refractivity contribution in [3.8, 4) is 0 Å². The summed E-state index contributed by atoms with van der Waals surface area (Å²) >= 11 is 0. The van der Waals surface area contributed by atoms with Crippen molar-refractivity contribution >= 4 is 12.0 Å². The average Bonchev–Trinajstić information content (AvgIpc) is 2.83. The summed E-state index contributed by atoms with van der Waals surface area (Å²) in [6.07, 6.45) is 2.69. The highest BCUT2D eigenvalue weighted by molar-refractivity contribution is 5.88. The summed E-state index contributed by atoms with van der Waals surface area (Å²) in [7, 11) is 0. The number of allylic oxidation sites excluding steroid dienone is 2. The fraction of sp³-hybridized carbons (Fsp3) is 0.471. The molecule has 0 bridgehead atoms. The Morgan fingerprint density at radius 1 is 1.43 bits per heavy atom. The first kappa shape index (κ1) is 15.4. The average molecular weight is 289 g/mol. The van der Waals surface area contributed by atoms with E-state index in [4.69, 9.17) is 9.47 Å². The van der Waals surface area contributed by atoms with Crippen LogP contribution in [0.1, 0.15) is 57.2 Å². The van der Waals surface area contributed by atoms with Crippen LogP contribution in [0, 0.1) is 5.41 Å². The molecule has 2 rings (SSSR count). The first-order valence-electron chi connectivity index (χ1n) is 7.07. The highest BCUT2D eigenvalue weighted by Gasteiger charge is 2.33. The van der Waals surface area contributed by atoms with E-state index in [1.165, 1.54) is 0 Å². The van der Waals surface area contributed by atoms with Gasteiger partial charge in [0, 0.05) is 17.5 Å². The zero-order valence-electron chi connectivity index (χ0n) is 13.4. The SMILES string of the molecule is C=C1O/C(=C/c2ccc(C(=O)OC(C)(C)C)[nH]2)CC1(C)C. The van der Waals surface area contributed by atoms with Crippen molar-refractivity contribution in [2.75, 3.05) is 0 Å². The summed E-state index contributed by atoms with van der Waals surface area (Å²) < 4.78 is 11.0. The molecule has 0 aromatic carbocycles. The molecule has 0 radical (unpaired) electrons. The van der Waals surface area contributed by atoms with E-state index in [9.17, 15) is 4.79 Å². The molecule has 1 aliphatic heterocycles. The highest BCUT2D eigenvalue weighted by Crippen LogP contribution is 2.42. The van der Waals surface area contributed by atoms with Crippen molar-refractivity contribution in [1.82, 2.24) is 4.98 Å². The fourth-order valence-electron chi connectivity index (χ4n) is 2.07. The largest absolute Gasteiger partial charge is 0.466 e. The Hall–Kier alpha value is -1.97. The molecule has 21 heavy (non-hydrogen) atoms. The van der Waals surface area contributed by atoms with Gasteiger partial charge in [-0.15, -0.1) is 0 Å². The predicted octanol–water partition coefficient (Wildman–Crippen LogP) is 4.27. The zero-order valence-corrected chi connectivity index (χ0v) is 13.4. The lowest BCUT2D eigenvalue weighted by Gasteiger charge is -2.18. The van der Waals surface area contributed by atoms with E-state index in [2.05, 4.69) is 25.4 Å². The number of nitrogens with one attached hydrogen (secondary N) is 1. The van der Waals surface area contributed by atoms with E-state index in [1.807, 2.05) is 32.9 Å². The van der Waals surface area contributed by atoms with E-state index >= 15 is 0 Å². The second kappa shape index (κ2) is 5.10. The lowest BCUT2D eigenvalue weighted by molar-refractivity contribution is 0.00635. The van der Waals surface area contributed by atoms with Gasteiger partial charge in [0.2, 0.25) is 0 Å². The van der Waals surface area contributed by atoms with Crippen LogP contribution in [-0.2, 0) is 9.47 Å². The van der Waals surface area contributed by atoms with E-state index in [0.717, 1.165) is 23.6 Å². The molecule has 1 aliphatic rings. The van der Waals surface area contributed by atoms with Crippen LogP contribution in [0.25, 0.3) is 6.08 Å². The summed E-state index contributed by atoms with van der Waals surface area (Å²) in [6.45, 7) is 13.6. The van der Waals surface area contributed by atoms with E-state index < -0.39 is 5.60 Å². The number of hydrogen-bond donors (Lipinski definition) is 1. The van der Waals surface area contributed by atoms with E-state index in [0.29, 0.717) is 5.69 Å². The van der Waals surface area contributed by atoms with Gasteiger partial charge in [0.15, 0.2) is 0 Å². The molecule has 0 unspecified atom stereocenters. The molecule has 114 valence electrons. The minimum atomic E-state index is -0.503. The van der Waals surface area contributed by atoms with Gasteiger partial charge >= 0.3 is 5.97 Å². The Labute approximate surface area is 125 Å². The summed E-state index contributed by atoms with van der Waals surface area (Å²) in [4.78, 5) is 15.0. The molecule has 1 aromatic rings. The van der Waals surface area contributed by atoms with Gasteiger partial charge in [-0.05, 0) is 39.0 Å². The molecule has 2 heterocycles. The van der Waals surface area contributed by atoms with Crippen molar-refractivity contribution in [1.29, 1.82) is 0 Å². The molecule has 1 saturated heterocycles. The number of ether oxygens (including phenoxy) is 2. The molecule has 0 saturated carbocycles. The van der Waals surface area contributed by atoms with Crippen molar-refractivity contribution in [3.63, 3.8) is 0 Å². The van der Waals surface area contributed by atoms with Gasteiger partial charge in [0.05, 0.1) is 0 Å². The number of rotatable bonds is 2. The molecule has 4 nitrogen and oxygen atoms in total. The zero-order chi connectivity index (χ0) is 15.8. The molecule has 0 amide bonds. The Morgan fingerprint density at radius 3 is 2.62 bits per heavy atom. The maximum atomic E-state index is 11.9. The standard InChI is InChI=1S/C17H23NO3/c1-11-17(5,6)10-13(20-11)9-12-7-8-14(18-12)15(19)21-16(2,3)4/h7-9,18H,1,10H2,2-6H3/b13-9+. The van der Waals surface area contributed by atoms with Gasteiger partial charge in [0.25, 0.3) is 0 Å². The highest BCUT2D eigenvalue weighted by atomic mass is 16.6. The van der Waals surface area contributed by atoms with Gasteiger partial charge in [-0.2, -0.15) is 0 Å². The van der Waals surface area contributed by atoms with E-state index in [1.54, 1.807) is 6.07 Å². The number of carbonyl (C=O) groups is 1. The normalized spacial score (nSPS) is 19.7.